The van der Waals surface area contributed by atoms with Gasteiger partial charge >= 0.3 is 0 Å². The van der Waals surface area contributed by atoms with Crippen LogP contribution in [0.2, 0.25) is 0 Å². The Morgan fingerprint density at radius 2 is 2.06 bits per heavy atom. The van der Waals surface area contributed by atoms with E-state index in [0.717, 1.165) is 5.56 Å². The minimum absolute atomic E-state index is 0.292. The van der Waals surface area contributed by atoms with Crippen LogP contribution in [0.15, 0.2) is 6.20 Å². The molecule has 4 N–H and O–H groups in total. The summed E-state index contributed by atoms with van der Waals surface area (Å²) in [6.07, 6.45) is -2.31. The molecule has 1 aliphatic heterocycles. The standard InChI is InChI=1S/C10H14N2O4S2/c1-4-2-12(10(18)11-8(4)17)9-7(15)6(14)5(3-13)16-9/h2,5-7,9,13-15H,3H2,1H3,(H,11,17,18)/t5-,6-,7-,9-/m1/s1. The van der Waals surface area contributed by atoms with Crippen LogP contribution >= 0.6 is 24.4 Å². The van der Waals surface area contributed by atoms with Crippen molar-refractivity contribution in [3.8, 4) is 0 Å². The van der Waals surface area contributed by atoms with Crippen LogP contribution in [-0.2, 0) is 4.74 Å². The number of aromatic nitrogens is 2. The van der Waals surface area contributed by atoms with Crippen molar-refractivity contribution in [3.63, 3.8) is 0 Å². The van der Waals surface area contributed by atoms with Crippen molar-refractivity contribution >= 4 is 24.4 Å². The van der Waals surface area contributed by atoms with Crippen molar-refractivity contribution in [2.75, 3.05) is 6.61 Å². The third-order valence-electron chi connectivity index (χ3n) is 2.94. The quantitative estimate of drug-likeness (QED) is 0.582. The first-order valence-electron chi connectivity index (χ1n) is 5.40. The van der Waals surface area contributed by atoms with Crippen LogP contribution in [0.3, 0.4) is 0 Å². The summed E-state index contributed by atoms with van der Waals surface area (Å²) in [5, 5.41) is 28.6. The minimum atomic E-state index is -1.15. The molecule has 1 aromatic rings. The molecule has 1 aromatic heterocycles. The number of aliphatic hydroxyl groups excluding tert-OH is 3. The van der Waals surface area contributed by atoms with Crippen molar-refractivity contribution in [3.05, 3.63) is 21.2 Å². The fourth-order valence-electron chi connectivity index (χ4n) is 1.88. The Morgan fingerprint density at radius 1 is 1.39 bits per heavy atom. The summed E-state index contributed by atoms with van der Waals surface area (Å²) >= 11 is 10.2. The second-order valence-corrected chi connectivity index (χ2v) is 5.00. The molecule has 18 heavy (non-hydrogen) atoms. The van der Waals surface area contributed by atoms with Crippen molar-refractivity contribution in [1.82, 2.24) is 9.55 Å². The van der Waals surface area contributed by atoms with Crippen LogP contribution in [0.5, 0.6) is 0 Å². The Hall–Kier alpha value is -0.640. The highest BCUT2D eigenvalue weighted by atomic mass is 32.1. The molecular weight excluding hydrogens is 276 g/mol. The van der Waals surface area contributed by atoms with Gasteiger partial charge in [-0.05, 0) is 19.1 Å². The lowest BCUT2D eigenvalue weighted by molar-refractivity contribution is -0.0541. The zero-order chi connectivity index (χ0) is 13.4. The summed E-state index contributed by atoms with van der Waals surface area (Å²) in [5.41, 5.74) is 0.774. The molecule has 0 spiro atoms. The molecule has 1 aliphatic rings. The summed E-state index contributed by atoms with van der Waals surface area (Å²) in [4.78, 5) is 2.81. The van der Waals surface area contributed by atoms with Crippen molar-refractivity contribution in [2.45, 2.75) is 31.5 Å². The van der Waals surface area contributed by atoms with Gasteiger partial charge in [-0.25, -0.2) is 0 Å². The first-order valence-corrected chi connectivity index (χ1v) is 6.22. The number of aryl methyl sites for hydroxylation is 1. The van der Waals surface area contributed by atoms with Crippen LogP contribution in [0.1, 0.15) is 11.8 Å². The topological polar surface area (TPSA) is 90.6 Å². The smallest absolute Gasteiger partial charge is 0.180 e. The van der Waals surface area contributed by atoms with E-state index in [1.54, 1.807) is 13.1 Å². The molecule has 0 saturated carbocycles. The maximum atomic E-state index is 9.90. The molecule has 4 atom stereocenters. The van der Waals surface area contributed by atoms with Gasteiger partial charge in [0.15, 0.2) is 11.0 Å². The molecule has 1 fully saturated rings. The van der Waals surface area contributed by atoms with E-state index >= 15 is 0 Å². The van der Waals surface area contributed by atoms with E-state index in [4.69, 9.17) is 34.3 Å². The summed E-state index contributed by atoms with van der Waals surface area (Å²) in [7, 11) is 0. The fraction of sp³-hybridized carbons (Fsp3) is 0.600. The lowest BCUT2D eigenvalue weighted by Gasteiger charge is -2.19. The van der Waals surface area contributed by atoms with Gasteiger partial charge < -0.3 is 25.0 Å². The van der Waals surface area contributed by atoms with Crippen LogP contribution in [-0.4, -0.2) is 49.8 Å². The molecule has 8 heteroatoms. The normalized spacial score (nSPS) is 31.8. The van der Waals surface area contributed by atoms with Crippen LogP contribution in [0.25, 0.3) is 0 Å². The summed E-state index contributed by atoms with van der Waals surface area (Å²) in [6, 6.07) is 0. The molecular formula is C10H14N2O4S2. The van der Waals surface area contributed by atoms with Gasteiger partial charge in [-0.1, -0.05) is 12.2 Å². The fourth-order valence-corrected chi connectivity index (χ4v) is 2.36. The number of H-pyrrole nitrogens is 1. The molecule has 0 unspecified atom stereocenters. The Kier molecular flexibility index (Phi) is 3.95. The number of aromatic amines is 1. The van der Waals surface area contributed by atoms with Crippen molar-refractivity contribution in [1.29, 1.82) is 0 Å². The van der Waals surface area contributed by atoms with Crippen LogP contribution in [0, 0.1) is 16.3 Å². The molecule has 2 rings (SSSR count). The second-order valence-electron chi connectivity index (χ2n) is 4.21. The van der Waals surface area contributed by atoms with Gasteiger partial charge in [0.1, 0.15) is 23.0 Å². The Balaban J connectivity index is 2.42. The Labute approximate surface area is 113 Å². The molecule has 0 bridgehead atoms. The molecule has 0 aliphatic carbocycles. The number of ether oxygens (including phenoxy) is 1. The highest BCUT2D eigenvalue weighted by Crippen LogP contribution is 2.29. The number of rotatable bonds is 2. The third kappa shape index (κ3) is 2.27. The monoisotopic (exact) mass is 290 g/mol. The molecule has 100 valence electrons. The van der Waals surface area contributed by atoms with Crippen molar-refractivity contribution in [2.24, 2.45) is 0 Å². The second kappa shape index (κ2) is 5.16. The van der Waals surface area contributed by atoms with Crippen LogP contribution < -0.4 is 0 Å². The van der Waals surface area contributed by atoms with E-state index in [-0.39, 0.29) is 6.61 Å². The predicted molar refractivity (Wildman–Crippen MR) is 68.2 cm³/mol. The lowest BCUT2D eigenvalue weighted by Crippen LogP contribution is -2.33. The van der Waals surface area contributed by atoms with Gasteiger partial charge in [-0.15, -0.1) is 0 Å². The van der Waals surface area contributed by atoms with E-state index < -0.39 is 24.5 Å². The van der Waals surface area contributed by atoms with E-state index in [0.29, 0.717) is 9.41 Å². The molecule has 2 heterocycles. The van der Waals surface area contributed by atoms with E-state index in [2.05, 4.69) is 4.98 Å². The zero-order valence-electron chi connectivity index (χ0n) is 9.61. The van der Waals surface area contributed by atoms with Crippen molar-refractivity contribution < 1.29 is 20.1 Å². The number of nitrogens with zero attached hydrogens (tertiary/aromatic N) is 1. The Morgan fingerprint density at radius 3 is 2.61 bits per heavy atom. The molecule has 1 saturated heterocycles. The average molecular weight is 290 g/mol. The summed E-state index contributed by atoms with van der Waals surface area (Å²) in [5.74, 6) is 0. The summed E-state index contributed by atoms with van der Waals surface area (Å²) < 4.78 is 7.69. The number of nitrogens with one attached hydrogen (secondary N) is 1. The first kappa shape index (κ1) is 13.8. The maximum Gasteiger partial charge on any atom is 0.180 e. The first-order chi connectivity index (χ1) is 8.45. The third-order valence-corrected chi connectivity index (χ3v) is 3.67. The van der Waals surface area contributed by atoms with Gasteiger partial charge in [-0.3, -0.25) is 4.57 Å². The minimum Gasteiger partial charge on any atom is -0.394 e. The number of hydrogen-bond acceptors (Lipinski definition) is 6. The summed E-state index contributed by atoms with van der Waals surface area (Å²) in [6.45, 7) is 1.43. The Bertz CT molecular complexity index is 556. The van der Waals surface area contributed by atoms with Gasteiger partial charge in [0.25, 0.3) is 0 Å². The van der Waals surface area contributed by atoms with Gasteiger partial charge in [0.05, 0.1) is 6.61 Å². The van der Waals surface area contributed by atoms with Gasteiger partial charge in [0.2, 0.25) is 0 Å². The molecule has 0 amide bonds. The van der Waals surface area contributed by atoms with Gasteiger partial charge in [0, 0.05) is 11.8 Å². The zero-order valence-corrected chi connectivity index (χ0v) is 11.2. The van der Waals surface area contributed by atoms with E-state index in [1.165, 1.54) is 4.57 Å². The maximum absolute atomic E-state index is 9.90. The predicted octanol–water partition coefficient (Wildman–Crippen LogP) is 0.195. The van der Waals surface area contributed by atoms with E-state index in [1.807, 2.05) is 0 Å². The molecule has 6 nitrogen and oxygen atoms in total. The van der Waals surface area contributed by atoms with E-state index in [9.17, 15) is 10.2 Å². The number of hydrogen-bond donors (Lipinski definition) is 4. The lowest BCUT2D eigenvalue weighted by atomic mass is 10.1. The average Bonchev–Trinajstić information content (AvgIpc) is 2.61. The highest BCUT2D eigenvalue weighted by molar-refractivity contribution is 7.72. The largest absolute Gasteiger partial charge is 0.394 e. The molecule has 0 radical (unpaired) electrons. The molecule has 0 aromatic carbocycles. The van der Waals surface area contributed by atoms with Crippen LogP contribution in [0.4, 0.5) is 0 Å². The SMILES string of the molecule is Cc1cn([C@@H]2O[C@H](CO)[C@@H](O)[C@H]2O)c(=S)[nH]c1=S. The van der Waals surface area contributed by atoms with Gasteiger partial charge in [-0.2, -0.15) is 0 Å². The number of aliphatic hydroxyl groups is 3. The highest BCUT2D eigenvalue weighted by Gasteiger charge is 2.43.